The van der Waals surface area contributed by atoms with Crippen molar-refractivity contribution in [3.63, 3.8) is 0 Å². The van der Waals surface area contributed by atoms with Gasteiger partial charge < -0.3 is 11.6 Å². The van der Waals surface area contributed by atoms with E-state index in [1.54, 1.807) is 43.2 Å². The van der Waals surface area contributed by atoms with E-state index in [0.717, 1.165) is 42.0 Å². The summed E-state index contributed by atoms with van der Waals surface area (Å²) in [4.78, 5) is 37.6. The molecule has 6 heterocycles. The van der Waals surface area contributed by atoms with Gasteiger partial charge in [0.15, 0.2) is 11.6 Å². The average molecular weight is 1110 g/mol. The van der Waals surface area contributed by atoms with Gasteiger partial charge in [0.25, 0.3) is 6.47 Å². The maximum atomic E-state index is 8.64. The number of nitrogens with one attached hydrogen (secondary N) is 1. The standard InChI is InChI=1S/C10H5Br2N5.C10H7N5.C6H5N3.C4H3ClN2.CH2O3.CH4.B.Br2.2K.H/c11-6-1-2-7(12)10-9(6)15-17(16-10)8-3-4-13-5-14-8;1-2-4-9-8(3-1)13-15(14-9)10-7-11-5-6-12-10;1-2-4-6-5(3-1)7-9-8-6;5-4-3-6-1-2-7-4;2-1-4-3;;;1-2;;;/h1-5H;1-7H;1-4H,(H,7,8,9);1-3H;1,3H;1H4;;;;;/q;;;;;;;;2*+1;-1/p-1. The number of benzene rings is 3. The topological polar surface area (TPSA) is 230 Å². The van der Waals surface area contributed by atoms with Gasteiger partial charge in [0.1, 0.15) is 44.6 Å². The number of aromatic nitrogens is 15. The van der Waals surface area contributed by atoms with Gasteiger partial charge in [0.05, 0.1) is 12.4 Å². The smallest absolute Gasteiger partial charge is 1.00 e. The first-order chi connectivity index (χ1) is 26.5. The number of nitrogens with zero attached hydrogens (tertiary/aromatic N) is 14. The van der Waals surface area contributed by atoms with Crippen molar-refractivity contribution in [3.8, 4) is 11.6 Å². The molecule has 0 fully saturated rings. The van der Waals surface area contributed by atoms with E-state index in [2.05, 4.69) is 131 Å². The van der Waals surface area contributed by atoms with Crippen LogP contribution < -0.4 is 108 Å². The largest absolute Gasteiger partial charge is 1.00 e. The summed E-state index contributed by atoms with van der Waals surface area (Å²) in [5.41, 5.74) is 5.11. The van der Waals surface area contributed by atoms with Crippen molar-refractivity contribution in [3.05, 3.63) is 131 Å². The molecule has 0 bridgehead atoms. The van der Waals surface area contributed by atoms with Crippen LogP contribution in [0.3, 0.4) is 0 Å². The number of hydrogen-bond donors (Lipinski definition) is 1. The second-order valence-electron chi connectivity index (χ2n) is 9.36. The molecule has 18 nitrogen and oxygen atoms in total. The van der Waals surface area contributed by atoms with Crippen molar-refractivity contribution in [2.24, 2.45) is 0 Å². The van der Waals surface area contributed by atoms with Gasteiger partial charge in [-0.25, -0.2) is 19.9 Å². The molecular formula is C32H26BBr4ClK2N15O3. The molecule has 9 rings (SSSR count). The average Bonchev–Trinajstić information content (AvgIpc) is 4.02. The Morgan fingerprint density at radius 1 is 0.655 bits per heavy atom. The molecule has 1 N–H and O–H groups in total. The molecule has 0 amide bonds. The van der Waals surface area contributed by atoms with Crippen molar-refractivity contribution in [1.82, 2.24) is 75.3 Å². The minimum absolute atomic E-state index is 0. The molecule has 9 aromatic rings. The summed E-state index contributed by atoms with van der Waals surface area (Å²) in [5, 5.41) is 36.5. The van der Waals surface area contributed by atoms with Gasteiger partial charge in [-0.1, -0.05) is 43.3 Å². The Labute approximate surface area is 456 Å². The number of carbonyl (C=O) groups excluding carboxylic acids is 1. The van der Waals surface area contributed by atoms with Gasteiger partial charge in [0, 0.05) is 82.7 Å². The van der Waals surface area contributed by atoms with Crippen molar-refractivity contribution in [2.45, 2.75) is 7.43 Å². The van der Waals surface area contributed by atoms with Gasteiger partial charge in [-0.2, -0.15) is 15.4 Å². The van der Waals surface area contributed by atoms with Crippen LogP contribution in [0.1, 0.15) is 8.85 Å². The van der Waals surface area contributed by atoms with Gasteiger partial charge in [0.2, 0.25) is 0 Å². The van der Waals surface area contributed by atoms with E-state index in [0.29, 0.717) is 16.8 Å². The Kier molecular flexibility index (Phi) is 30.8. The Bertz CT molecular complexity index is 2370. The fraction of sp³-hybridized carbons (Fsp3) is 0.0312. The predicted molar refractivity (Wildman–Crippen MR) is 224 cm³/mol. The third-order valence-corrected chi connectivity index (χ3v) is 7.52. The molecule has 0 atom stereocenters. The molecule has 3 radical (unpaired) electrons. The molecule has 0 aliphatic heterocycles. The van der Waals surface area contributed by atoms with Crippen LogP contribution in [0.15, 0.2) is 125 Å². The van der Waals surface area contributed by atoms with Crippen LogP contribution in [0.25, 0.3) is 44.7 Å². The van der Waals surface area contributed by atoms with Crippen molar-refractivity contribution >= 4 is 120 Å². The second-order valence-corrected chi connectivity index (χ2v) is 11.5. The molecule has 6 aromatic heterocycles. The number of para-hydroxylation sites is 2. The fourth-order valence-corrected chi connectivity index (χ4v) is 4.77. The normalized spacial score (nSPS) is 9.07. The quantitative estimate of drug-likeness (QED) is 0.110. The summed E-state index contributed by atoms with van der Waals surface area (Å²) in [6, 6.07) is 21.0. The second kappa shape index (κ2) is 31.9. The number of aromatic amines is 1. The summed E-state index contributed by atoms with van der Waals surface area (Å²) in [5.74, 6) is 1.25. The Hall–Kier alpha value is -1.92. The third-order valence-electron chi connectivity index (χ3n) is 6.05. The van der Waals surface area contributed by atoms with Crippen LogP contribution in [0.2, 0.25) is 5.15 Å². The number of carbonyl (C=O) groups is 1. The predicted octanol–water partition coefficient (Wildman–Crippen LogP) is 0.536. The van der Waals surface area contributed by atoms with E-state index < -0.39 is 0 Å². The van der Waals surface area contributed by atoms with E-state index in [1.165, 1.54) is 22.1 Å². The molecule has 26 heteroatoms. The van der Waals surface area contributed by atoms with E-state index in [-0.39, 0.29) is 127 Å². The minimum atomic E-state index is -0.181. The monoisotopic (exact) mass is 1110 g/mol. The number of fused-ring (bicyclic) bond motifs is 3. The SMILES string of the molecule is BrBr.Brc1ccc(Br)c2nn(-c3ccncn3)nc12.C.Clc1cnccn1.O=CO[O-].[B].[H-].[K+].[K+].c1ccc2n[nH]nc2c1.c1ccc2nn(-c3cnccn3)nc2c1. The van der Waals surface area contributed by atoms with Gasteiger partial charge >= 0.3 is 103 Å². The molecule has 0 saturated carbocycles. The van der Waals surface area contributed by atoms with Crippen LogP contribution in [0, 0.1) is 0 Å². The number of rotatable bonds is 3. The zero-order valence-electron chi connectivity index (χ0n) is 30.5. The van der Waals surface area contributed by atoms with Crippen LogP contribution in [-0.4, -0.2) is 90.2 Å². The molecule has 0 aliphatic rings. The van der Waals surface area contributed by atoms with Crippen molar-refractivity contribution in [1.29, 1.82) is 0 Å². The zero-order chi connectivity index (χ0) is 38.5. The summed E-state index contributed by atoms with van der Waals surface area (Å²) in [7, 11) is 0. The van der Waals surface area contributed by atoms with Gasteiger partial charge in [-0.15, -0.1) is 30.0 Å². The summed E-state index contributed by atoms with van der Waals surface area (Å²) in [6.07, 6.45) is 12.6. The van der Waals surface area contributed by atoms with E-state index in [9.17, 15) is 0 Å². The molecule has 0 unspecified atom stereocenters. The van der Waals surface area contributed by atoms with Crippen molar-refractivity contribution in [2.75, 3.05) is 0 Å². The summed E-state index contributed by atoms with van der Waals surface area (Å²) >= 11 is 17.8. The summed E-state index contributed by atoms with van der Waals surface area (Å²) < 4.78 is 1.80. The minimum Gasteiger partial charge on any atom is -1.00 e. The summed E-state index contributed by atoms with van der Waals surface area (Å²) in [6.45, 7) is -0.181. The first-order valence-electron chi connectivity index (χ1n) is 14.6. The Morgan fingerprint density at radius 2 is 1.14 bits per heavy atom. The molecule has 3 aromatic carbocycles. The van der Waals surface area contributed by atoms with E-state index in [4.69, 9.17) is 21.7 Å². The molecule has 0 aliphatic carbocycles. The van der Waals surface area contributed by atoms with Gasteiger partial charge in [-0.3, -0.25) is 14.8 Å². The van der Waals surface area contributed by atoms with E-state index in [1.807, 2.05) is 60.7 Å². The number of hydrogen-bond acceptors (Lipinski definition) is 15. The van der Waals surface area contributed by atoms with Gasteiger partial charge in [-0.05, 0) is 68.3 Å². The van der Waals surface area contributed by atoms with Crippen LogP contribution in [0.4, 0.5) is 0 Å². The molecule has 0 saturated heterocycles. The zero-order valence-corrected chi connectivity index (χ0v) is 42.8. The maximum absolute atomic E-state index is 8.64. The van der Waals surface area contributed by atoms with Crippen LogP contribution in [-0.2, 0) is 9.68 Å². The number of halogens is 5. The number of H-pyrrole nitrogens is 1. The molecule has 58 heavy (non-hydrogen) atoms. The fourth-order valence-electron chi connectivity index (χ4n) is 3.86. The molecular weight excluding hydrogens is 1090 g/mol. The maximum Gasteiger partial charge on any atom is 1.00 e. The molecule has 0 spiro atoms. The van der Waals surface area contributed by atoms with Crippen molar-refractivity contribution < 1.29 is 119 Å². The first-order valence-corrected chi connectivity index (χ1v) is 20.2. The van der Waals surface area contributed by atoms with Crippen LogP contribution in [0.5, 0.6) is 0 Å². The first kappa shape index (κ1) is 56.1. The third kappa shape index (κ3) is 18.0. The Morgan fingerprint density at radius 3 is 1.53 bits per heavy atom. The van der Waals surface area contributed by atoms with E-state index >= 15 is 0 Å². The van der Waals surface area contributed by atoms with Crippen LogP contribution >= 0.6 is 71.7 Å². The molecule has 287 valence electrons. The Balaban J connectivity index is 0.